The van der Waals surface area contributed by atoms with Gasteiger partial charge in [0.1, 0.15) is 0 Å². The van der Waals surface area contributed by atoms with E-state index in [0.717, 1.165) is 24.1 Å². The first-order chi connectivity index (χ1) is 6.77. The molecule has 76 valence electrons. The van der Waals surface area contributed by atoms with Crippen LogP contribution < -0.4 is 5.32 Å². The van der Waals surface area contributed by atoms with Crippen molar-refractivity contribution in [1.82, 2.24) is 5.32 Å². The molecular weight excluding hydrogens is 190 g/mol. The summed E-state index contributed by atoms with van der Waals surface area (Å²) < 4.78 is 0. The molecule has 14 heavy (non-hydrogen) atoms. The fourth-order valence-electron chi connectivity index (χ4n) is 1.79. The molecule has 0 atom stereocenters. The number of hydrogen-bond acceptors (Lipinski definition) is 2. The van der Waals surface area contributed by atoms with E-state index in [1.807, 2.05) is 11.8 Å². The molecule has 2 heteroatoms. The molecule has 0 unspecified atom stereocenters. The molecule has 2 rings (SSSR count). The number of rotatable bonds is 3. The molecule has 1 aliphatic rings. The van der Waals surface area contributed by atoms with E-state index in [0.29, 0.717) is 0 Å². The molecule has 1 aromatic carbocycles. The minimum atomic E-state index is 0.722. The van der Waals surface area contributed by atoms with E-state index in [1.54, 1.807) is 5.56 Å². The Balaban J connectivity index is 2.14. The van der Waals surface area contributed by atoms with Gasteiger partial charge in [-0.15, -0.1) is 0 Å². The average molecular weight is 207 g/mol. The minimum absolute atomic E-state index is 0.722. The highest BCUT2D eigenvalue weighted by molar-refractivity contribution is 7.99. The van der Waals surface area contributed by atoms with E-state index >= 15 is 0 Å². The lowest BCUT2D eigenvalue weighted by molar-refractivity contribution is 0.763. The van der Waals surface area contributed by atoms with E-state index in [2.05, 4.69) is 37.4 Å². The van der Waals surface area contributed by atoms with Crippen molar-refractivity contribution in [3.8, 4) is 0 Å². The van der Waals surface area contributed by atoms with Crippen molar-refractivity contribution in [2.24, 2.45) is 0 Å². The lowest BCUT2D eigenvalue weighted by Crippen LogP contribution is -2.01. The van der Waals surface area contributed by atoms with Gasteiger partial charge >= 0.3 is 0 Å². The van der Waals surface area contributed by atoms with Gasteiger partial charge in [0.05, 0.1) is 0 Å². The zero-order valence-electron chi connectivity index (χ0n) is 8.84. The Hall–Kier alpha value is -0.470. The molecule has 0 radical (unpaired) electrons. The van der Waals surface area contributed by atoms with Gasteiger partial charge in [-0.25, -0.2) is 0 Å². The van der Waals surface area contributed by atoms with Crippen LogP contribution in [0.3, 0.4) is 0 Å². The molecule has 0 fully saturated rings. The number of nitrogens with one attached hydrogen (secondary N) is 1. The van der Waals surface area contributed by atoms with Crippen LogP contribution in [0.2, 0.25) is 0 Å². The van der Waals surface area contributed by atoms with Crippen LogP contribution in [0, 0.1) is 0 Å². The Kier molecular flexibility index (Phi) is 3.14. The summed E-state index contributed by atoms with van der Waals surface area (Å²) in [7, 11) is 0. The summed E-state index contributed by atoms with van der Waals surface area (Å²) in [6, 6.07) is 6.68. The first kappa shape index (κ1) is 10.1. The van der Waals surface area contributed by atoms with E-state index in [1.165, 1.54) is 11.1 Å². The highest BCUT2D eigenvalue weighted by Gasteiger charge is 2.13. The maximum absolute atomic E-state index is 3.41. The largest absolute Gasteiger partial charge is 0.309 e. The quantitative estimate of drug-likeness (QED) is 0.818. The fraction of sp³-hybridized carbons (Fsp3) is 0.500. The number of fused-ring (bicyclic) bond motifs is 1. The molecule has 1 aliphatic heterocycles. The van der Waals surface area contributed by atoms with Gasteiger partial charge in [0.25, 0.3) is 0 Å². The average Bonchev–Trinajstić information content (AvgIpc) is 2.62. The van der Waals surface area contributed by atoms with Gasteiger partial charge in [-0.05, 0) is 21.9 Å². The van der Waals surface area contributed by atoms with Crippen molar-refractivity contribution in [3.63, 3.8) is 0 Å². The van der Waals surface area contributed by atoms with Crippen molar-refractivity contribution in [3.05, 3.63) is 34.9 Å². The zero-order chi connectivity index (χ0) is 9.97. The van der Waals surface area contributed by atoms with Crippen LogP contribution in [-0.2, 0) is 18.8 Å². The molecule has 0 aliphatic carbocycles. The lowest BCUT2D eigenvalue weighted by Gasteiger charge is -2.09. The van der Waals surface area contributed by atoms with Gasteiger partial charge < -0.3 is 5.32 Å². The van der Waals surface area contributed by atoms with E-state index in [4.69, 9.17) is 0 Å². The summed E-state index contributed by atoms with van der Waals surface area (Å²) in [5.74, 6) is 1.16. The van der Waals surface area contributed by atoms with Gasteiger partial charge in [-0.2, -0.15) is 11.8 Å². The highest BCUT2D eigenvalue weighted by Crippen LogP contribution is 2.25. The number of thioether (sulfide) groups is 1. The first-order valence-corrected chi connectivity index (χ1v) is 6.24. The fourth-order valence-corrected chi connectivity index (χ4v) is 2.58. The summed E-state index contributed by atoms with van der Waals surface area (Å²) in [5, 5.41) is 4.13. The van der Waals surface area contributed by atoms with Crippen LogP contribution in [0.15, 0.2) is 18.2 Å². The molecular formula is C12H17NS. The molecule has 1 N–H and O–H groups in total. The predicted molar refractivity (Wildman–Crippen MR) is 63.4 cm³/mol. The third-order valence-corrected chi connectivity index (χ3v) is 3.70. The smallest absolute Gasteiger partial charge is 0.0214 e. The van der Waals surface area contributed by atoms with Gasteiger partial charge in [0.2, 0.25) is 0 Å². The summed E-state index contributed by atoms with van der Waals surface area (Å²) in [4.78, 5) is 0. The second kappa shape index (κ2) is 4.37. The monoisotopic (exact) mass is 207 g/mol. The second-order valence-corrected chi connectivity index (χ2v) is 5.58. The van der Waals surface area contributed by atoms with Gasteiger partial charge in [0, 0.05) is 18.8 Å². The predicted octanol–water partition coefficient (Wildman–Crippen LogP) is 2.93. The first-order valence-electron chi connectivity index (χ1n) is 5.19. The number of benzene rings is 1. The van der Waals surface area contributed by atoms with Gasteiger partial charge in [-0.3, -0.25) is 0 Å². The van der Waals surface area contributed by atoms with Crippen molar-refractivity contribution in [2.75, 3.05) is 0 Å². The van der Waals surface area contributed by atoms with E-state index in [-0.39, 0.29) is 0 Å². The van der Waals surface area contributed by atoms with Crippen LogP contribution in [0.4, 0.5) is 0 Å². The SMILES string of the molecule is CC(C)SCc1cccc2c1CNC2. The third kappa shape index (κ3) is 2.12. The Morgan fingerprint density at radius 2 is 2.21 bits per heavy atom. The summed E-state index contributed by atoms with van der Waals surface area (Å²) in [6.45, 7) is 6.62. The van der Waals surface area contributed by atoms with E-state index < -0.39 is 0 Å². The molecule has 1 heterocycles. The molecule has 0 amide bonds. The van der Waals surface area contributed by atoms with Crippen LogP contribution >= 0.6 is 11.8 Å². The van der Waals surface area contributed by atoms with Gasteiger partial charge in [0.15, 0.2) is 0 Å². The molecule has 0 saturated heterocycles. The molecule has 0 aromatic heterocycles. The number of hydrogen-bond donors (Lipinski definition) is 1. The third-order valence-electron chi connectivity index (χ3n) is 2.56. The lowest BCUT2D eigenvalue weighted by atomic mass is 10.1. The Morgan fingerprint density at radius 3 is 3.00 bits per heavy atom. The van der Waals surface area contributed by atoms with Crippen LogP contribution in [0.25, 0.3) is 0 Å². The minimum Gasteiger partial charge on any atom is -0.309 e. The molecule has 0 spiro atoms. The summed E-state index contributed by atoms with van der Waals surface area (Å²) in [5.41, 5.74) is 4.55. The van der Waals surface area contributed by atoms with Crippen molar-refractivity contribution < 1.29 is 0 Å². The molecule has 0 saturated carbocycles. The zero-order valence-corrected chi connectivity index (χ0v) is 9.66. The van der Waals surface area contributed by atoms with Crippen LogP contribution in [-0.4, -0.2) is 5.25 Å². The Labute approximate surface area is 90.3 Å². The van der Waals surface area contributed by atoms with E-state index in [9.17, 15) is 0 Å². The van der Waals surface area contributed by atoms with Crippen LogP contribution in [0.5, 0.6) is 0 Å². The maximum atomic E-state index is 3.41. The second-order valence-electron chi connectivity index (χ2n) is 4.02. The highest BCUT2D eigenvalue weighted by atomic mass is 32.2. The summed E-state index contributed by atoms with van der Waals surface area (Å²) >= 11 is 2.02. The Bertz CT molecular complexity index is 320. The standard InChI is InChI=1S/C12H17NS/c1-9(2)14-8-11-5-3-4-10-6-13-7-12(10)11/h3-5,9,13H,6-8H2,1-2H3. The van der Waals surface area contributed by atoms with Crippen LogP contribution in [0.1, 0.15) is 30.5 Å². The normalized spacial score (nSPS) is 14.8. The van der Waals surface area contributed by atoms with Crippen molar-refractivity contribution >= 4 is 11.8 Å². The van der Waals surface area contributed by atoms with Crippen molar-refractivity contribution in [1.29, 1.82) is 0 Å². The maximum Gasteiger partial charge on any atom is 0.0214 e. The molecule has 1 aromatic rings. The molecule has 0 bridgehead atoms. The Morgan fingerprint density at radius 1 is 1.36 bits per heavy atom. The van der Waals surface area contributed by atoms with Gasteiger partial charge in [-0.1, -0.05) is 32.0 Å². The topological polar surface area (TPSA) is 12.0 Å². The molecule has 1 nitrogen and oxygen atoms in total. The van der Waals surface area contributed by atoms with Crippen molar-refractivity contribution in [2.45, 2.75) is 37.9 Å². The summed E-state index contributed by atoms with van der Waals surface area (Å²) in [6.07, 6.45) is 0.